The molecule has 0 aliphatic heterocycles. The number of esters is 1. The van der Waals surface area contributed by atoms with Gasteiger partial charge in [-0.15, -0.1) is 0 Å². The molecule has 1 unspecified atom stereocenters. The number of ether oxygens (including phenoxy) is 3. The maximum atomic E-state index is 12.7. The summed E-state index contributed by atoms with van der Waals surface area (Å²) in [5, 5.41) is 11.3. The lowest BCUT2D eigenvalue weighted by atomic mass is 10.0. The van der Waals surface area contributed by atoms with E-state index in [4.69, 9.17) is 19.3 Å². The third-order valence-electron chi connectivity index (χ3n) is 7.26. The average Bonchev–Trinajstić information content (AvgIpc) is 2.95. The van der Waals surface area contributed by atoms with Crippen LogP contribution in [0.1, 0.15) is 156 Å². The lowest BCUT2D eigenvalue weighted by molar-refractivity contribution is -0.159. The Morgan fingerprint density at radius 3 is 1.60 bits per heavy atom. The van der Waals surface area contributed by atoms with E-state index in [1.807, 2.05) is 0 Å². The average molecular weight is 642 g/mol. The molecule has 0 aromatic carbocycles. The smallest absolute Gasteiger partial charge is 0.329 e. The molecule has 262 valence electrons. The number of carboxylic acids is 1. The summed E-state index contributed by atoms with van der Waals surface area (Å²) < 4.78 is 15.7. The van der Waals surface area contributed by atoms with Crippen LogP contribution in [-0.2, 0) is 38.2 Å². The molecule has 10 heteroatoms. The first-order valence-corrected chi connectivity index (χ1v) is 17.3. The van der Waals surface area contributed by atoms with Crippen molar-refractivity contribution in [3.63, 3.8) is 0 Å². The summed E-state index contributed by atoms with van der Waals surface area (Å²) in [7, 11) is 0. The first kappa shape index (κ1) is 42.7. The van der Waals surface area contributed by atoms with Crippen molar-refractivity contribution in [2.45, 2.75) is 168 Å². The molecular weight excluding hydrogens is 578 g/mol. The highest BCUT2D eigenvalue weighted by atomic mass is 16.6. The fraction of sp³-hybridized carbons (Fsp3) is 0.857. The number of ketones is 2. The van der Waals surface area contributed by atoms with E-state index in [9.17, 15) is 24.0 Å². The molecule has 0 aromatic heterocycles. The highest BCUT2D eigenvalue weighted by Crippen LogP contribution is 2.15. The Morgan fingerprint density at radius 2 is 1.11 bits per heavy atom. The third kappa shape index (κ3) is 31.4. The minimum absolute atomic E-state index is 0.0269. The van der Waals surface area contributed by atoms with Crippen LogP contribution < -0.4 is 5.32 Å². The van der Waals surface area contributed by atoms with Crippen LogP contribution in [0.3, 0.4) is 0 Å². The number of rotatable bonds is 31. The molecule has 0 rings (SSSR count). The minimum Gasteiger partial charge on any atom is -0.480 e. The van der Waals surface area contributed by atoms with Gasteiger partial charge in [-0.1, -0.05) is 77.0 Å². The summed E-state index contributed by atoms with van der Waals surface area (Å²) in [4.78, 5) is 59.1. The summed E-state index contributed by atoms with van der Waals surface area (Å²) in [6.07, 6.45) is 18.5. The first-order valence-electron chi connectivity index (χ1n) is 17.3. The van der Waals surface area contributed by atoms with Crippen molar-refractivity contribution in [3.05, 3.63) is 0 Å². The third-order valence-corrected chi connectivity index (χ3v) is 7.26. The summed E-state index contributed by atoms with van der Waals surface area (Å²) >= 11 is 0. The Labute approximate surface area is 272 Å². The van der Waals surface area contributed by atoms with Crippen molar-refractivity contribution in [3.8, 4) is 0 Å². The molecule has 10 nitrogen and oxygen atoms in total. The molecule has 1 atom stereocenters. The predicted octanol–water partition coefficient (Wildman–Crippen LogP) is 6.89. The van der Waals surface area contributed by atoms with Gasteiger partial charge in [-0.3, -0.25) is 9.59 Å². The van der Waals surface area contributed by atoms with Gasteiger partial charge >= 0.3 is 11.9 Å². The number of carbonyl (C=O) groups excluding carboxylic acids is 4. The molecule has 0 aliphatic rings. The maximum absolute atomic E-state index is 12.7. The molecule has 0 saturated heterocycles. The van der Waals surface area contributed by atoms with E-state index in [1.54, 1.807) is 27.7 Å². The van der Waals surface area contributed by atoms with E-state index < -0.39 is 23.6 Å². The molecule has 0 saturated carbocycles. The molecule has 0 heterocycles. The Bertz CT molecular complexity index is 822. The van der Waals surface area contributed by atoms with Crippen molar-refractivity contribution >= 4 is 29.4 Å². The van der Waals surface area contributed by atoms with Gasteiger partial charge in [-0.25, -0.2) is 9.59 Å². The van der Waals surface area contributed by atoms with Crippen LogP contribution in [0, 0.1) is 0 Å². The molecular formula is C35H63NO9. The molecule has 0 bridgehead atoms. The van der Waals surface area contributed by atoms with Gasteiger partial charge in [0.05, 0.1) is 13.2 Å². The Kier molecular flexibility index (Phi) is 26.5. The Hall–Kier alpha value is -2.33. The van der Waals surface area contributed by atoms with Gasteiger partial charge in [0.15, 0.2) is 0 Å². The van der Waals surface area contributed by atoms with Crippen LogP contribution in [0.5, 0.6) is 0 Å². The normalized spacial score (nSPS) is 12.1. The number of hydrogen-bond acceptors (Lipinski definition) is 8. The van der Waals surface area contributed by atoms with Crippen molar-refractivity contribution in [1.82, 2.24) is 5.32 Å². The van der Waals surface area contributed by atoms with Crippen molar-refractivity contribution in [1.29, 1.82) is 0 Å². The van der Waals surface area contributed by atoms with E-state index in [0.29, 0.717) is 25.2 Å². The number of carbonyl (C=O) groups is 5. The van der Waals surface area contributed by atoms with Crippen LogP contribution in [0.15, 0.2) is 0 Å². The SMILES string of the molecule is CC(=O)CCCCCCCCCCCCCCCCC(=O)NC(CCC(=O)CCCOCCOCC(=O)O)C(=O)OC(C)(C)C. The van der Waals surface area contributed by atoms with E-state index in [2.05, 4.69) is 5.32 Å². The maximum Gasteiger partial charge on any atom is 0.329 e. The fourth-order valence-electron chi connectivity index (χ4n) is 4.85. The highest BCUT2D eigenvalue weighted by molar-refractivity contribution is 5.85. The molecule has 0 radical (unpaired) electrons. The number of unbranched alkanes of at least 4 members (excludes halogenated alkanes) is 13. The van der Waals surface area contributed by atoms with E-state index in [0.717, 1.165) is 32.1 Å². The molecule has 1 amide bonds. The molecule has 0 aliphatic carbocycles. The predicted molar refractivity (Wildman–Crippen MR) is 175 cm³/mol. The summed E-state index contributed by atoms with van der Waals surface area (Å²) in [6.45, 7) is 7.37. The van der Waals surface area contributed by atoms with Crippen LogP contribution in [-0.4, -0.2) is 72.6 Å². The van der Waals surface area contributed by atoms with Crippen LogP contribution in [0.25, 0.3) is 0 Å². The second-order valence-corrected chi connectivity index (χ2v) is 13.0. The summed E-state index contributed by atoms with van der Waals surface area (Å²) in [5.41, 5.74) is -0.701. The van der Waals surface area contributed by atoms with Gasteiger partial charge < -0.3 is 29.4 Å². The molecule has 45 heavy (non-hydrogen) atoms. The number of carboxylic acid groups (broad SMARTS) is 1. The highest BCUT2D eigenvalue weighted by Gasteiger charge is 2.27. The minimum atomic E-state index is -1.04. The number of hydrogen-bond donors (Lipinski definition) is 2. The van der Waals surface area contributed by atoms with Gasteiger partial charge in [0, 0.05) is 32.3 Å². The van der Waals surface area contributed by atoms with Crippen LogP contribution in [0.4, 0.5) is 0 Å². The number of nitrogens with one attached hydrogen (secondary N) is 1. The lowest BCUT2D eigenvalue weighted by Gasteiger charge is -2.24. The van der Waals surface area contributed by atoms with E-state index in [1.165, 1.54) is 64.2 Å². The van der Waals surface area contributed by atoms with Crippen LogP contribution >= 0.6 is 0 Å². The standard InChI is InChI=1S/C35H63NO9/c1-29(37)20-17-15-13-11-9-7-5-6-8-10-12-14-16-18-22-32(39)36-31(34(42)45-35(2,3)4)24-23-30(38)21-19-25-43-26-27-44-28-33(40)41/h31H,5-28H2,1-4H3,(H,36,39)(H,40,41). The van der Waals surface area contributed by atoms with Crippen molar-refractivity contribution in [2.24, 2.45) is 0 Å². The monoisotopic (exact) mass is 641 g/mol. The number of amides is 1. The van der Waals surface area contributed by atoms with Crippen molar-refractivity contribution in [2.75, 3.05) is 26.4 Å². The van der Waals surface area contributed by atoms with E-state index in [-0.39, 0.29) is 50.8 Å². The zero-order valence-electron chi connectivity index (χ0n) is 28.8. The van der Waals surface area contributed by atoms with Gasteiger partial charge in [0.1, 0.15) is 29.8 Å². The zero-order valence-corrected chi connectivity index (χ0v) is 28.8. The largest absolute Gasteiger partial charge is 0.480 e. The Morgan fingerprint density at radius 1 is 0.622 bits per heavy atom. The second-order valence-electron chi connectivity index (χ2n) is 13.0. The van der Waals surface area contributed by atoms with Gasteiger partial charge in [0.2, 0.25) is 5.91 Å². The lowest BCUT2D eigenvalue weighted by Crippen LogP contribution is -2.44. The molecule has 2 N–H and O–H groups in total. The van der Waals surface area contributed by atoms with Gasteiger partial charge in [0.25, 0.3) is 0 Å². The topological polar surface area (TPSA) is 145 Å². The van der Waals surface area contributed by atoms with E-state index >= 15 is 0 Å². The first-order chi connectivity index (χ1) is 21.4. The molecule has 0 aromatic rings. The summed E-state index contributed by atoms with van der Waals surface area (Å²) in [6, 6.07) is -0.866. The summed E-state index contributed by atoms with van der Waals surface area (Å²) in [5.74, 6) is -1.50. The van der Waals surface area contributed by atoms with Crippen molar-refractivity contribution < 1.29 is 43.3 Å². The Balaban J connectivity index is 4.06. The number of Topliss-reactive ketones (excluding diaryl/α,β-unsaturated/α-hetero) is 2. The zero-order chi connectivity index (χ0) is 33.8. The fourth-order valence-corrected chi connectivity index (χ4v) is 4.85. The van der Waals surface area contributed by atoms with Gasteiger partial charge in [-0.05, 0) is 53.4 Å². The molecule has 0 fully saturated rings. The van der Waals surface area contributed by atoms with Crippen LogP contribution in [0.2, 0.25) is 0 Å². The van der Waals surface area contributed by atoms with Gasteiger partial charge in [-0.2, -0.15) is 0 Å². The molecule has 0 spiro atoms. The second kappa shape index (κ2) is 27.9. The number of aliphatic carboxylic acids is 1. The quantitative estimate of drug-likeness (QED) is 0.0610.